The fourth-order valence-electron chi connectivity index (χ4n) is 3.04. The molecule has 25 heavy (non-hydrogen) atoms. The number of alkyl halides is 3. The zero-order valence-corrected chi connectivity index (χ0v) is 13.7. The molecule has 126 valence electrons. The van der Waals surface area contributed by atoms with E-state index in [0.29, 0.717) is 11.1 Å². The van der Waals surface area contributed by atoms with Crippen LogP contribution in [0.3, 0.4) is 0 Å². The molecule has 4 rings (SSSR count). The maximum Gasteiger partial charge on any atom is 0.419 e. The van der Waals surface area contributed by atoms with Crippen LogP contribution in [-0.2, 0) is 13.2 Å². The summed E-state index contributed by atoms with van der Waals surface area (Å²) >= 11 is 5.60. The molecule has 0 atom stereocenters. The average Bonchev–Trinajstić information content (AvgIpc) is 2.87. The Labute approximate surface area is 145 Å². The first-order valence-corrected chi connectivity index (χ1v) is 7.79. The maximum absolute atomic E-state index is 13.1. The molecule has 0 aliphatic carbocycles. The molecule has 3 aromatic heterocycles. The second kappa shape index (κ2) is 5.46. The third-order valence-electron chi connectivity index (χ3n) is 4.29. The number of aromatic nitrogens is 3. The number of pyridine rings is 2. The SMILES string of the molecule is Cn1c2ccncc2c2ccc(-c3cnc(Cl)c(C(F)(F)F)c3)cc21. The van der Waals surface area contributed by atoms with Crippen LogP contribution in [0.25, 0.3) is 32.9 Å². The third kappa shape index (κ3) is 2.53. The van der Waals surface area contributed by atoms with Gasteiger partial charge in [0.25, 0.3) is 0 Å². The lowest BCUT2D eigenvalue weighted by Gasteiger charge is -2.10. The molecule has 0 aliphatic heterocycles. The smallest absolute Gasteiger partial charge is 0.343 e. The van der Waals surface area contributed by atoms with Crippen molar-refractivity contribution >= 4 is 33.4 Å². The van der Waals surface area contributed by atoms with E-state index in [9.17, 15) is 13.2 Å². The number of halogens is 4. The molecule has 0 fully saturated rings. The molecule has 7 heteroatoms. The minimum atomic E-state index is -4.55. The molecule has 0 radical (unpaired) electrons. The van der Waals surface area contributed by atoms with Crippen molar-refractivity contribution in [2.75, 3.05) is 0 Å². The quantitative estimate of drug-likeness (QED) is 0.421. The molecule has 0 saturated carbocycles. The maximum atomic E-state index is 13.1. The first kappa shape index (κ1) is 15.9. The van der Waals surface area contributed by atoms with Crippen molar-refractivity contribution in [2.45, 2.75) is 6.18 Å². The molecule has 0 amide bonds. The largest absolute Gasteiger partial charge is 0.419 e. The van der Waals surface area contributed by atoms with Crippen molar-refractivity contribution in [3.8, 4) is 11.1 Å². The van der Waals surface area contributed by atoms with Crippen LogP contribution in [0.15, 0.2) is 48.9 Å². The fourth-order valence-corrected chi connectivity index (χ4v) is 3.25. The number of fused-ring (bicyclic) bond motifs is 3. The highest BCUT2D eigenvalue weighted by molar-refractivity contribution is 6.30. The van der Waals surface area contributed by atoms with Crippen molar-refractivity contribution in [1.29, 1.82) is 0 Å². The third-order valence-corrected chi connectivity index (χ3v) is 4.59. The van der Waals surface area contributed by atoms with Crippen LogP contribution in [0, 0.1) is 0 Å². The number of nitrogens with zero attached hydrogens (tertiary/aromatic N) is 3. The van der Waals surface area contributed by atoms with E-state index in [0.717, 1.165) is 27.9 Å². The van der Waals surface area contributed by atoms with Crippen LogP contribution in [0.5, 0.6) is 0 Å². The zero-order valence-electron chi connectivity index (χ0n) is 13.0. The topological polar surface area (TPSA) is 30.7 Å². The summed E-state index contributed by atoms with van der Waals surface area (Å²) in [6.45, 7) is 0. The predicted molar refractivity (Wildman–Crippen MR) is 91.5 cm³/mol. The molecule has 4 aromatic rings. The summed E-state index contributed by atoms with van der Waals surface area (Å²) in [5.41, 5.74) is 1.98. The molecule has 0 unspecified atom stereocenters. The molecular formula is C18H11ClF3N3. The molecule has 0 bridgehead atoms. The van der Waals surface area contributed by atoms with Crippen molar-refractivity contribution in [3.05, 3.63) is 59.6 Å². The Balaban J connectivity index is 1.94. The van der Waals surface area contributed by atoms with Crippen LogP contribution in [-0.4, -0.2) is 14.5 Å². The molecule has 3 nitrogen and oxygen atoms in total. The Morgan fingerprint density at radius 3 is 2.52 bits per heavy atom. The Kier molecular flexibility index (Phi) is 3.47. The summed E-state index contributed by atoms with van der Waals surface area (Å²) in [6, 6.07) is 8.44. The number of aryl methyl sites for hydroxylation is 1. The van der Waals surface area contributed by atoms with Gasteiger partial charge in [-0.15, -0.1) is 0 Å². The van der Waals surface area contributed by atoms with Gasteiger partial charge in [-0.3, -0.25) is 4.98 Å². The minimum Gasteiger partial charge on any atom is -0.343 e. The summed E-state index contributed by atoms with van der Waals surface area (Å²) in [5.74, 6) is 0. The van der Waals surface area contributed by atoms with Gasteiger partial charge in [-0.2, -0.15) is 13.2 Å². The van der Waals surface area contributed by atoms with Crippen molar-refractivity contribution in [1.82, 2.24) is 14.5 Å². The fraction of sp³-hybridized carbons (Fsp3) is 0.111. The summed E-state index contributed by atoms with van der Waals surface area (Å²) < 4.78 is 41.2. The molecule has 0 spiro atoms. The van der Waals surface area contributed by atoms with E-state index in [-0.39, 0.29) is 0 Å². The lowest BCUT2D eigenvalue weighted by Crippen LogP contribution is -2.07. The first-order chi connectivity index (χ1) is 11.9. The molecule has 0 saturated heterocycles. The molecular weight excluding hydrogens is 351 g/mol. The minimum absolute atomic E-state index is 0.363. The second-order valence-electron chi connectivity index (χ2n) is 5.74. The van der Waals surface area contributed by atoms with Crippen LogP contribution < -0.4 is 0 Å². The van der Waals surface area contributed by atoms with Crippen molar-refractivity contribution in [2.24, 2.45) is 7.05 Å². The first-order valence-electron chi connectivity index (χ1n) is 7.41. The van der Waals surface area contributed by atoms with Gasteiger partial charge in [0.05, 0.1) is 11.1 Å². The van der Waals surface area contributed by atoms with Crippen molar-refractivity contribution in [3.63, 3.8) is 0 Å². The van der Waals surface area contributed by atoms with Gasteiger partial charge in [0.1, 0.15) is 5.15 Å². The van der Waals surface area contributed by atoms with E-state index >= 15 is 0 Å². The summed E-state index contributed by atoms with van der Waals surface area (Å²) in [5, 5.41) is 1.44. The average molecular weight is 362 g/mol. The van der Waals surface area contributed by atoms with Crippen molar-refractivity contribution < 1.29 is 13.2 Å². The normalized spacial score (nSPS) is 12.2. The molecule has 0 aliphatic rings. The van der Waals surface area contributed by atoms with Crippen LogP contribution >= 0.6 is 11.6 Å². The van der Waals surface area contributed by atoms with Crippen LogP contribution in [0.4, 0.5) is 13.2 Å². The van der Waals surface area contributed by atoms with Gasteiger partial charge in [-0.25, -0.2) is 4.98 Å². The summed E-state index contributed by atoms with van der Waals surface area (Å²) in [7, 11) is 1.91. The number of hydrogen-bond donors (Lipinski definition) is 0. The van der Waals surface area contributed by atoms with Gasteiger partial charge >= 0.3 is 6.18 Å². The van der Waals surface area contributed by atoms with Crippen LogP contribution in [0.1, 0.15) is 5.56 Å². The Hall–Kier alpha value is -2.60. The Bertz CT molecular complexity index is 1120. The zero-order chi connectivity index (χ0) is 17.8. The van der Waals surface area contributed by atoms with E-state index in [1.807, 2.05) is 29.8 Å². The number of hydrogen-bond acceptors (Lipinski definition) is 2. The lowest BCUT2D eigenvalue weighted by molar-refractivity contribution is -0.137. The van der Waals surface area contributed by atoms with Gasteiger partial charge in [0, 0.05) is 47.5 Å². The highest BCUT2D eigenvalue weighted by Crippen LogP contribution is 2.37. The Morgan fingerprint density at radius 1 is 0.960 bits per heavy atom. The predicted octanol–water partition coefficient (Wildman–Crippen LogP) is 5.46. The number of benzene rings is 1. The highest BCUT2D eigenvalue weighted by Gasteiger charge is 2.34. The summed E-state index contributed by atoms with van der Waals surface area (Å²) in [6.07, 6.45) is 0.294. The van der Waals surface area contributed by atoms with E-state index in [1.165, 1.54) is 6.20 Å². The Morgan fingerprint density at radius 2 is 1.76 bits per heavy atom. The van der Waals surface area contributed by atoms with Gasteiger partial charge < -0.3 is 4.57 Å². The van der Waals surface area contributed by atoms with Crippen LogP contribution in [0.2, 0.25) is 5.15 Å². The second-order valence-corrected chi connectivity index (χ2v) is 6.10. The molecule has 3 heterocycles. The van der Waals surface area contributed by atoms with Gasteiger partial charge in [0.2, 0.25) is 0 Å². The molecule has 0 N–H and O–H groups in total. The van der Waals surface area contributed by atoms with E-state index in [2.05, 4.69) is 9.97 Å². The summed E-state index contributed by atoms with van der Waals surface area (Å²) in [4.78, 5) is 7.84. The van der Waals surface area contributed by atoms with E-state index in [1.54, 1.807) is 18.5 Å². The van der Waals surface area contributed by atoms with Gasteiger partial charge in [-0.05, 0) is 23.8 Å². The lowest BCUT2D eigenvalue weighted by atomic mass is 10.0. The monoisotopic (exact) mass is 361 g/mol. The molecule has 1 aromatic carbocycles. The standard InChI is InChI=1S/C18H11ClF3N3/c1-25-15-4-5-23-9-13(15)12-3-2-10(7-16(12)25)11-6-14(18(20,21)22)17(19)24-8-11/h2-9H,1H3. The van der Waals surface area contributed by atoms with E-state index in [4.69, 9.17) is 11.6 Å². The highest BCUT2D eigenvalue weighted by atomic mass is 35.5. The number of rotatable bonds is 1. The van der Waals surface area contributed by atoms with Gasteiger partial charge in [0.15, 0.2) is 0 Å². The van der Waals surface area contributed by atoms with Gasteiger partial charge in [-0.1, -0.05) is 23.7 Å². The van der Waals surface area contributed by atoms with E-state index < -0.39 is 16.9 Å².